The highest BCUT2D eigenvalue weighted by Gasteiger charge is 2.10. The van der Waals surface area contributed by atoms with Crippen LogP contribution in [0.4, 0.5) is 4.79 Å². The van der Waals surface area contributed by atoms with E-state index in [4.69, 9.17) is 20.3 Å². The lowest BCUT2D eigenvalue weighted by molar-refractivity contribution is -0.138. The number of unbranched alkanes of at least 4 members (excludes halogenated alkanes) is 5. The minimum absolute atomic E-state index is 0.00160. The Morgan fingerprint density at radius 2 is 1.81 bits per heavy atom. The number of hydrogen-bond acceptors (Lipinski definition) is 5. The third-order valence-electron chi connectivity index (χ3n) is 4.03. The highest BCUT2D eigenvalue weighted by atomic mass is 16.6. The summed E-state index contributed by atoms with van der Waals surface area (Å²) in [5.74, 6) is -1.00. The summed E-state index contributed by atoms with van der Waals surface area (Å²) in [7, 11) is 0. The fourth-order valence-electron chi connectivity index (χ4n) is 2.41. The molecule has 0 rings (SSSR count). The third kappa shape index (κ3) is 14.7. The monoisotopic (exact) mass is 372 g/mol. The molecule has 0 aromatic rings. The van der Waals surface area contributed by atoms with E-state index in [-0.39, 0.29) is 12.7 Å². The number of nitrogens with two attached hydrogens (primary N) is 1. The number of rotatable bonds is 17. The molecule has 0 aliphatic carbocycles. The van der Waals surface area contributed by atoms with Crippen LogP contribution in [0.2, 0.25) is 0 Å². The van der Waals surface area contributed by atoms with Crippen molar-refractivity contribution >= 4 is 12.1 Å². The van der Waals surface area contributed by atoms with Crippen molar-refractivity contribution in [3.05, 3.63) is 12.7 Å². The lowest BCUT2D eigenvalue weighted by Crippen LogP contribution is -2.30. The van der Waals surface area contributed by atoms with E-state index in [1.807, 2.05) is 0 Å². The van der Waals surface area contributed by atoms with E-state index in [2.05, 4.69) is 18.8 Å². The van der Waals surface area contributed by atoms with Crippen molar-refractivity contribution < 1.29 is 24.2 Å². The molecule has 0 radical (unpaired) electrons. The van der Waals surface area contributed by atoms with Gasteiger partial charge in [-0.2, -0.15) is 0 Å². The number of carboxylic acid groups (broad SMARTS) is 1. The summed E-state index contributed by atoms with van der Waals surface area (Å²) in [4.78, 5) is 22.1. The highest BCUT2D eigenvalue weighted by Crippen LogP contribution is 2.10. The Balaban J connectivity index is 3.56. The van der Waals surface area contributed by atoms with Crippen LogP contribution in [-0.2, 0) is 14.3 Å². The van der Waals surface area contributed by atoms with E-state index >= 15 is 0 Å². The normalized spacial score (nSPS) is 13.0. The summed E-state index contributed by atoms with van der Waals surface area (Å²) < 4.78 is 10.7. The molecule has 2 unspecified atom stereocenters. The van der Waals surface area contributed by atoms with Gasteiger partial charge >= 0.3 is 12.1 Å². The molecule has 0 saturated heterocycles. The number of ether oxygens (including phenoxy) is 2. The summed E-state index contributed by atoms with van der Waals surface area (Å²) in [6.07, 6.45) is 10.0. The zero-order chi connectivity index (χ0) is 19.6. The molecule has 0 aromatic carbocycles. The Kier molecular flexibility index (Phi) is 15.8. The van der Waals surface area contributed by atoms with Crippen molar-refractivity contribution in [3.8, 4) is 0 Å². The zero-order valence-electron chi connectivity index (χ0n) is 16.1. The molecule has 4 N–H and O–H groups in total. The van der Waals surface area contributed by atoms with E-state index in [9.17, 15) is 9.59 Å². The van der Waals surface area contributed by atoms with Gasteiger partial charge in [0.15, 0.2) is 0 Å². The minimum Gasteiger partial charge on any atom is -0.480 e. The SMILES string of the molecule is C=CC(CCCCCCC)OCCOC(=O)NCCCCC(N)C(=O)O. The van der Waals surface area contributed by atoms with Gasteiger partial charge in [-0.25, -0.2) is 4.79 Å². The molecule has 7 nitrogen and oxygen atoms in total. The maximum Gasteiger partial charge on any atom is 0.407 e. The van der Waals surface area contributed by atoms with Crippen molar-refractivity contribution in [1.29, 1.82) is 0 Å². The van der Waals surface area contributed by atoms with E-state index in [0.717, 1.165) is 12.8 Å². The average Bonchev–Trinajstić information content (AvgIpc) is 2.62. The first kappa shape index (κ1) is 24.4. The van der Waals surface area contributed by atoms with Gasteiger partial charge in [0.1, 0.15) is 12.6 Å². The molecule has 7 heteroatoms. The summed E-state index contributed by atoms with van der Waals surface area (Å²) in [5, 5.41) is 11.3. The van der Waals surface area contributed by atoms with Crippen LogP contribution < -0.4 is 11.1 Å². The van der Waals surface area contributed by atoms with Gasteiger partial charge in [-0.3, -0.25) is 4.79 Å². The predicted octanol–water partition coefficient (Wildman–Crippen LogP) is 3.23. The second-order valence-corrected chi connectivity index (χ2v) is 6.35. The van der Waals surface area contributed by atoms with Gasteiger partial charge in [0, 0.05) is 6.54 Å². The number of amides is 1. The lowest BCUT2D eigenvalue weighted by atomic mass is 10.1. The van der Waals surface area contributed by atoms with Crippen molar-refractivity contribution in [2.45, 2.75) is 76.9 Å². The molecule has 0 saturated carbocycles. The van der Waals surface area contributed by atoms with Crippen molar-refractivity contribution in [3.63, 3.8) is 0 Å². The van der Waals surface area contributed by atoms with Crippen LogP contribution in [0, 0.1) is 0 Å². The van der Waals surface area contributed by atoms with Crippen LogP contribution in [0.15, 0.2) is 12.7 Å². The van der Waals surface area contributed by atoms with Crippen LogP contribution in [0.3, 0.4) is 0 Å². The van der Waals surface area contributed by atoms with Gasteiger partial charge in [0.05, 0.1) is 12.7 Å². The third-order valence-corrected chi connectivity index (χ3v) is 4.03. The molecule has 152 valence electrons. The van der Waals surface area contributed by atoms with Crippen LogP contribution in [0.25, 0.3) is 0 Å². The van der Waals surface area contributed by atoms with Crippen LogP contribution in [0.1, 0.15) is 64.7 Å². The summed E-state index contributed by atoms with van der Waals surface area (Å²) in [6.45, 7) is 6.94. The van der Waals surface area contributed by atoms with Crippen molar-refractivity contribution in [2.24, 2.45) is 5.73 Å². The number of carbonyl (C=O) groups is 2. The molecular weight excluding hydrogens is 336 g/mol. The minimum atomic E-state index is -1.00. The van der Waals surface area contributed by atoms with Crippen LogP contribution in [0.5, 0.6) is 0 Å². The smallest absolute Gasteiger partial charge is 0.407 e. The lowest BCUT2D eigenvalue weighted by Gasteiger charge is -2.14. The molecule has 0 fully saturated rings. The fourth-order valence-corrected chi connectivity index (χ4v) is 2.41. The van der Waals surface area contributed by atoms with Gasteiger partial charge < -0.3 is 25.6 Å². The molecule has 1 amide bonds. The Hall–Kier alpha value is -1.60. The summed E-state index contributed by atoms with van der Waals surface area (Å²) in [6, 6.07) is -0.844. The summed E-state index contributed by atoms with van der Waals surface area (Å²) in [5.41, 5.74) is 5.39. The summed E-state index contributed by atoms with van der Waals surface area (Å²) >= 11 is 0. The fraction of sp³-hybridized carbons (Fsp3) is 0.789. The molecule has 0 bridgehead atoms. The van der Waals surface area contributed by atoms with Crippen molar-refractivity contribution in [1.82, 2.24) is 5.32 Å². The first-order chi connectivity index (χ1) is 12.5. The average molecular weight is 373 g/mol. The van der Waals surface area contributed by atoms with Crippen LogP contribution >= 0.6 is 0 Å². The molecular formula is C19H36N2O5. The van der Waals surface area contributed by atoms with E-state index in [0.29, 0.717) is 32.4 Å². The molecule has 2 atom stereocenters. The molecule has 0 spiro atoms. The van der Waals surface area contributed by atoms with Gasteiger partial charge in [-0.05, 0) is 25.7 Å². The van der Waals surface area contributed by atoms with E-state index in [1.54, 1.807) is 6.08 Å². The first-order valence-corrected chi connectivity index (χ1v) is 9.64. The number of hydrogen-bond donors (Lipinski definition) is 3. The maximum atomic E-state index is 11.5. The number of nitrogens with one attached hydrogen (secondary N) is 1. The molecule has 0 aromatic heterocycles. The maximum absolute atomic E-state index is 11.5. The Bertz CT molecular complexity index is 390. The standard InChI is InChI=1S/C19H36N2O5/c1-3-5-6-7-8-11-16(4-2)25-14-15-26-19(24)21-13-10-9-12-17(20)18(22)23/h4,16-17H,2-3,5-15,20H2,1H3,(H,21,24)(H,22,23). The number of aliphatic carboxylic acids is 1. The zero-order valence-corrected chi connectivity index (χ0v) is 16.1. The van der Waals surface area contributed by atoms with Crippen LogP contribution in [-0.4, -0.2) is 49.1 Å². The highest BCUT2D eigenvalue weighted by molar-refractivity contribution is 5.72. The van der Waals surface area contributed by atoms with Gasteiger partial charge in [-0.1, -0.05) is 45.1 Å². The first-order valence-electron chi connectivity index (χ1n) is 9.64. The molecule has 0 heterocycles. The topological polar surface area (TPSA) is 111 Å². The molecule has 0 aliphatic rings. The Labute approximate surface area is 157 Å². The van der Waals surface area contributed by atoms with Gasteiger partial charge in [0.25, 0.3) is 0 Å². The van der Waals surface area contributed by atoms with Gasteiger partial charge in [-0.15, -0.1) is 6.58 Å². The van der Waals surface area contributed by atoms with Crippen molar-refractivity contribution in [2.75, 3.05) is 19.8 Å². The Morgan fingerprint density at radius 1 is 1.12 bits per heavy atom. The van der Waals surface area contributed by atoms with E-state index in [1.165, 1.54) is 25.7 Å². The largest absolute Gasteiger partial charge is 0.480 e. The quantitative estimate of drug-likeness (QED) is 0.267. The molecule has 26 heavy (non-hydrogen) atoms. The van der Waals surface area contributed by atoms with E-state index < -0.39 is 18.1 Å². The second-order valence-electron chi connectivity index (χ2n) is 6.35. The second kappa shape index (κ2) is 16.8. The number of alkyl carbamates (subject to hydrolysis) is 1. The predicted molar refractivity (Wildman–Crippen MR) is 102 cm³/mol. The Morgan fingerprint density at radius 3 is 2.46 bits per heavy atom. The number of carbonyl (C=O) groups excluding carboxylic acids is 1. The number of carboxylic acids is 1. The van der Waals surface area contributed by atoms with Gasteiger partial charge in [0.2, 0.25) is 0 Å². The molecule has 0 aliphatic heterocycles.